The Morgan fingerprint density at radius 2 is 2.00 bits per heavy atom. The van der Waals surface area contributed by atoms with E-state index in [1.165, 1.54) is 11.1 Å². The fourth-order valence-electron chi connectivity index (χ4n) is 4.33. The van der Waals surface area contributed by atoms with Crippen LogP contribution in [-0.2, 0) is 15.9 Å². The van der Waals surface area contributed by atoms with Gasteiger partial charge in [0.15, 0.2) is 0 Å². The van der Waals surface area contributed by atoms with Gasteiger partial charge in [-0.25, -0.2) is 4.79 Å². The highest BCUT2D eigenvalue weighted by molar-refractivity contribution is 5.75. The number of hydrogen-bond donors (Lipinski definition) is 1. The largest absolute Gasteiger partial charge is 0.379 e. The second-order valence-corrected chi connectivity index (χ2v) is 7.62. The SMILES string of the molecule is C[C@@H]1Cc2ccccc2[C@@H]1NC(=O)N1CCC(O[C@H]2CCOC2)CC1. The summed E-state index contributed by atoms with van der Waals surface area (Å²) in [6, 6.07) is 8.66. The number of piperidine rings is 1. The Hall–Kier alpha value is -1.59. The van der Waals surface area contributed by atoms with E-state index in [4.69, 9.17) is 9.47 Å². The Morgan fingerprint density at radius 3 is 2.76 bits per heavy atom. The first kappa shape index (κ1) is 16.9. The molecule has 0 spiro atoms. The van der Waals surface area contributed by atoms with Crippen LogP contribution >= 0.6 is 0 Å². The molecule has 0 aromatic heterocycles. The number of likely N-dealkylation sites (tertiary alicyclic amines) is 1. The molecule has 1 aromatic carbocycles. The summed E-state index contributed by atoms with van der Waals surface area (Å²) in [5.74, 6) is 0.449. The Labute approximate surface area is 149 Å². The van der Waals surface area contributed by atoms with Crippen molar-refractivity contribution in [1.82, 2.24) is 10.2 Å². The van der Waals surface area contributed by atoms with Crippen LogP contribution in [-0.4, -0.2) is 49.4 Å². The molecule has 0 unspecified atom stereocenters. The summed E-state index contributed by atoms with van der Waals surface area (Å²) in [6.07, 6.45) is 4.39. The minimum atomic E-state index is 0.0659. The molecule has 5 heteroatoms. The molecule has 3 aliphatic rings. The molecule has 2 fully saturated rings. The van der Waals surface area contributed by atoms with Gasteiger partial charge in [-0.05, 0) is 42.7 Å². The Kier molecular flexibility index (Phi) is 4.95. The number of amides is 2. The second-order valence-electron chi connectivity index (χ2n) is 7.62. The molecule has 4 rings (SSSR count). The van der Waals surface area contributed by atoms with E-state index in [9.17, 15) is 4.79 Å². The Bertz CT molecular complexity index is 607. The first-order chi connectivity index (χ1) is 12.2. The molecule has 0 bridgehead atoms. The van der Waals surface area contributed by atoms with E-state index in [1.807, 2.05) is 4.90 Å². The van der Waals surface area contributed by atoms with Gasteiger partial charge in [-0.1, -0.05) is 31.2 Å². The lowest BCUT2D eigenvalue weighted by molar-refractivity contribution is -0.0393. The zero-order valence-electron chi connectivity index (χ0n) is 14.9. The third-order valence-electron chi connectivity index (χ3n) is 5.78. The Balaban J connectivity index is 1.29. The van der Waals surface area contributed by atoms with Crippen LogP contribution < -0.4 is 5.32 Å². The maximum absolute atomic E-state index is 12.7. The first-order valence-electron chi connectivity index (χ1n) is 9.57. The van der Waals surface area contributed by atoms with Crippen LogP contribution in [0.25, 0.3) is 0 Å². The van der Waals surface area contributed by atoms with Crippen molar-refractivity contribution in [2.24, 2.45) is 5.92 Å². The number of nitrogens with zero attached hydrogens (tertiary/aromatic N) is 1. The van der Waals surface area contributed by atoms with Crippen molar-refractivity contribution in [3.8, 4) is 0 Å². The zero-order valence-corrected chi connectivity index (χ0v) is 14.9. The van der Waals surface area contributed by atoms with Crippen molar-refractivity contribution >= 4 is 6.03 Å². The fourth-order valence-corrected chi connectivity index (χ4v) is 4.33. The van der Waals surface area contributed by atoms with Gasteiger partial charge < -0.3 is 19.7 Å². The average molecular weight is 344 g/mol. The lowest BCUT2D eigenvalue weighted by atomic mass is 10.0. The predicted octanol–water partition coefficient (Wildman–Crippen LogP) is 2.90. The highest BCUT2D eigenvalue weighted by atomic mass is 16.5. The minimum absolute atomic E-state index is 0.0659. The first-order valence-corrected chi connectivity index (χ1v) is 9.57. The molecule has 0 radical (unpaired) electrons. The van der Waals surface area contributed by atoms with E-state index in [0.29, 0.717) is 5.92 Å². The van der Waals surface area contributed by atoms with Crippen molar-refractivity contribution in [1.29, 1.82) is 0 Å². The van der Waals surface area contributed by atoms with E-state index >= 15 is 0 Å². The number of nitrogens with one attached hydrogen (secondary N) is 1. The smallest absolute Gasteiger partial charge is 0.317 e. The van der Waals surface area contributed by atoms with Gasteiger partial charge in [-0.15, -0.1) is 0 Å². The van der Waals surface area contributed by atoms with Crippen molar-refractivity contribution in [3.63, 3.8) is 0 Å². The van der Waals surface area contributed by atoms with Gasteiger partial charge in [0.1, 0.15) is 0 Å². The lowest BCUT2D eigenvalue weighted by Gasteiger charge is -2.34. The number of urea groups is 1. The molecule has 0 saturated carbocycles. The number of benzene rings is 1. The van der Waals surface area contributed by atoms with Crippen LogP contribution in [0, 0.1) is 5.92 Å². The molecular formula is C20H28N2O3. The van der Waals surface area contributed by atoms with Crippen LogP contribution in [0.5, 0.6) is 0 Å². The van der Waals surface area contributed by atoms with Gasteiger partial charge in [0.2, 0.25) is 0 Å². The van der Waals surface area contributed by atoms with E-state index in [2.05, 4.69) is 36.5 Å². The topological polar surface area (TPSA) is 50.8 Å². The summed E-state index contributed by atoms with van der Waals surface area (Å²) in [5.41, 5.74) is 2.65. The molecule has 3 atom stereocenters. The number of rotatable bonds is 3. The molecule has 136 valence electrons. The molecule has 2 heterocycles. The maximum atomic E-state index is 12.7. The van der Waals surface area contributed by atoms with E-state index < -0.39 is 0 Å². The van der Waals surface area contributed by atoms with Gasteiger partial charge in [-0.3, -0.25) is 0 Å². The van der Waals surface area contributed by atoms with Crippen LogP contribution in [0.3, 0.4) is 0 Å². The number of fused-ring (bicyclic) bond motifs is 1. The van der Waals surface area contributed by atoms with Crippen molar-refractivity contribution in [2.75, 3.05) is 26.3 Å². The summed E-state index contributed by atoms with van der Waals surface area (Å²) >= 11 is 0. The molecular weight excluding hydrogens is 316 g/mol. The van der Waals surface area contributed by atoms with Gasteiger partial charge in [0.05, 0.1) is 24.9 Å². The highest BCUT2D eigenvalue weighted by Crippen LogP contribution is 2.35. The molecule has 2 saturated heterocycles. The Morgan fingerprint density at radius 1 is 1.20 bits per heavy atom. The molecule has 2 aliphatic heterocycles. The van der Waals surface area contributed by atoms with E-state index in [0.717, 1.165) is 52.0 Å². The van der Waals surface area contributed by atoms with Crippen molar-refractivity contribution in [3.05, 3.63) is 35.4 Å². The third kappa shape index (κ3) is 3.67. The summed E-state index contributed by atoms with van der Waals surface area (Å²) in [5, 5.41) is 3.27. The molecule has 5 nitrogen and oxygen atoms in total. The monoisotopic (exact) mass is 344 g/mol. The minimum Gasteiger partial charge on any atom is -0.379 e. The highest BCUT2D eigenvalue weighted by Gasteiger charge is 2.33. The van der Waals surface area contributed by atoms with Crippen molar-refractivity contribution in [2.45, 2.75) is 50.9 Å². The van der Waals surface area contributed by atoms with Crippen LogP contribution in [0.4, 0.5) is 4.79 Å². The zero-order chi connectivity index (χ0) is 17.2. The van der Waals surface area contributed by atoms with Gasteiger partial charge in [-0.2, -0.15) is 0 Å². The van der Waals surface area contributed by atoms with Crippen LogP contribution in [0.15, 0.2) is 24.3 Å². The predicted molar refractivity (Wildman–Crippen MR) is 95.5 cm³/mol. The molecule has 1 aromatic rings. The maximum Gasteiger partial charge on any atom is 0.317 e. The molecule has 2 amide bonds. The average Bonchev–Trinajstić information content (AvgIpc) is 3.24. The van der Waals surface area contributed by atoms with Crippen LogP contribution in [0.2, 0.25) is 0 Å². The van der Waals surface area contributed by atoms with Gasteiger partial charge >= 0.3 is 6.03 Å². The summed E-state index contributed by atoms with van der Waals surface area (Å²) in [7, 11) is 0. The molecule has 25 heavy (non-hydrogen) atoms. The summed E-state index contributed by atoms with van der Waals surface area (Å²) < 4.78 is 11.5. The number of carbonyl (C=O) groups excluding carboxylic acids is 1. The fraction of sp³-hybridized carbons (Fsp3) is 0.650. The van der Waals surface area contributed by atoms with E-state index in [1.54, 1.807) is 0 Å². The summed E-state index contributed by atoms with van der Waals surface area (Å²) in [6.45, 7) is 5.29. The summed E-state index contributed by atoms with van der Waals surface area (Å²) in [4.78, 5) is 14.7. The number of carbonyl (C=O) groups is 1. The van der Waals surface area contributed by atoms with Gasteiger partial charge in [0, 0.05) is 19.7 Å². The number of ether oxygens (including phenoxy) is 2. The van der Waals surface area contributed by atoms with Gasteiger partial charge in [0.25, 0.3) is 0 Å². The lowest BCUT2D eigenvalue weighted by Crippen LogP contribution is -2.47. The van der Waals surface area contributed by atoms with E-state index in [-0.39, 0.29) is 24.3 Å². The quantitative estimate of drug-likeness (QED) is 0.917. The molecule has 1 N–H and O–H groups in total. The normalized spacial score (nSPS) is 29.6. The standard InChI is InChI=1S/C20H28N2O3/c1-14-12-15-4-2-3-5-18(15)19(14)21-20(23)22-9-6-16(7-10-22)25-17-8-11-24-13-17/h2-5,14,16-17,19H,6-13H2,1H3,(H,21,23)/t14-,17+,19-/m1/s1. The number of hydrogen-bond acceptors (Lipinski definition) is 3. The van der Waals surface area contributed by atoms with Crippen molar-refractivity contribution < 1.29 is 14.3 Å². The third-order valence-corrected chi connectivity index (χ3v) is 5.78. The van der Waals surface area contributed by atoms with Crippen LogP contribution in [0.1, 0.15) is 43.4 Å². The molecule has 1 aliphatic carbocycles. The second kappa shape index (κ2) is 7.34.